The molecule has 0 radical (unpaired) electrons. The molecule has 0 bridgehead atoms. The lowest BCUT2D eigenvalue weighted by Crippen LogP contribution is -2.42. The number of methoxy groups -OCH3 is 1. The van der Waals surface area contributed by atoms with Crippen LogP contribution in [0.5, 0.6) is 5.75 Å². The number of hydrogen-bond donors (Lipinski definition) is 1. The Morgan fingerprint density at radius 1 is 1.55 bits per heavy atom. The third-order valence-corrected chi connectivity index (χ3v) is 3.93. The average Bonchev–Trinajstić information content (AvgIpc) is 2.46. The van der Waals surface area contributed by atoms with Crippen LogP contribution in [0.25, 0.3) is 0 Å². The van der Waals surface area contributed by atoms with Gasteiger partial charge in [0.2, 0.25) is 0 Å². The van der Waals surface area contributed by atoms with Crippen LogP contribution in [0.1, 0.15) is 19.8 Å². The molecule has 2 atom stereocenters. The van der Waals surface area contributed by atoms with Crippen LogP contribution < -0.4 is 15.4 Å². The molecule has 0 amide bonds. The van der Waals surface area contributed by atoms with Crippen LogP contribution in [0.2, 0.25) is 0 Å². The number of nitrogens with two attached hydrogens (primary N) is 1. The summed E-state index contributed by atoms with van der Waals surface area (Å²) in [7, 11) is 1.45. The molecule has 1 aromatic rings. The minimum Gasteiger partial charge on any atom is -0.490 e. The summed E-state index contributed by atoms with van der Waals surface area (Å²) in [5, 5.41) is 10.9. The summed E-state index contributed by atoms with van der Waals surface area (Å²) in [6.45, 7) is 3.87. The third-order valence-electron chi connectivity index (χ3n) is 3.93. The Morgan fingerprint density at radius 3 is 2.90 bits per heavy atom. The Bertz CT molecular complexity index is 491. The number of piperidine rings is 1. The lowest BCUT2D eigenvalue weighted by molar-refractivity contribution is -0.385. The van der Waals surface area contributed by atoms with Gasteiger partial charge in [0.05, 0.1) is 12.0 Å². The lowest BCUT2D eigenvalue weighted by atomic mass is 9.92. The van der Waals surface area contributed by atoms with Crippen molar-refractivity contribution in [2.24, 2.45) is 11.7 Å². The average molecular weight is 279 g/mol. The van der Waals surface area contributed by atoms with Gasteiger partial charge >= 0.3 is 5.69 Å². The second-order valence-electron chi connectivity index (χ2n) is 5.32. The molecule has 0 spiro atoms. The first kappa shape index (κ1) is 14.6. The maximum Gasteiger partial charge on any atom is 0.311 e. The van der Waals surface area contributed by atoms with Gasteiger partial charge in [0.25, 0.3) is 0 Å². The first-order valence-corrected chi connectivity index (χ1v) is 6.86. The van der Waals surface area contributed by atoms with Gasteiger partial charge in [-0.2, -0.15) is 0 Å². The molecule has 2 rings (SSSR count). The smallest absolute Gasteiger partial charge is 0.311 e. The van der Waals surface area contributed by atoms with E-state index >= 15 is 0 Å². The van der Waals surface area contributed by atoms with E-state index in [1.807, 2.05) is 6.92 Å². The zero-order valence-electron chi connectivity index (χ0n) is 11.9. The van der Waals surface area contributed by atoms with Gasteiger partial charge in [-0.15, -0.1) is 0 Å². The van der Waals surface area contributed by atoms with Crippen LogP contribution in [-0.2, 0) is 0 Å². The topological polar surface area (TPSA) is 81.6 Å². The molecule has 1 aliphatic rings. The Kier molecular flexibility index (Phi) is 4.44. The van der Waals surface area contributed by atoms with Crippen molar-refractivity contribution in [3.63, 3.8) is 0 Å². The Morgan fingerprint density at radius 2 is 2.30 bits per heavy atom. The predicted molar refractivity (Wildman–Crippen MR) is 78.2 cm³/mol. The van der Waals surface area contributed by atoms with E-state index in [9.17, 15) is 10.1 Å². The van der Waals surface area contributed by atoms with Crippen molar-refractivity contribution in [2.45, 2.75) is 25.8 Å². The molecule has 2 N–H and O–H groups in total. The highest BCUT2D eigenvalue weighted by Gasteiger charge is 2.24. The predicted octanol–water partition coefficient (Wildman–Crippen LogP) is 2.17. The fraction of sp³-hybridized carbons (Fsp3) is 0.571. The Balaban J connectivity index is 2.22. The molecule has 1 heterocycles. The molecular formula is C14H21N3O3. The monoisotopic (exact) mass is 279 g/mol. The molecule has 0 aromatic heterocycles. The van der Waals surface area contributed by atoms with E-state index in [2.05, 4.69) is 4.90 Å². The van der Waals surface area contributed by atoms with Crippen molar-refractivity contribution in [3.05, 3.63) is 28.3 Å². The summed E-state index contributed by atoms with van der Waals surface area (Å²) in [6, 6.07) is 5.19. The van der Waals surface area contributed by atoms with Crippen LogP contribution in [0.3, 0.4) is 0 Å². The number of benzene rings is 1. The van der Waals surface area contributed by atoms with Crippen LogP contribution in [0, 0.1) is 16.0 Å². The quantitative estimate of drug-likeness (QED) is 0.674. The number of ether oxygens (including phenoxy) is 1. The number of hydrogen-bond acceptors (Lipinski definition) is 5. The number of nitrogens with zero attached hydrogens (tertiary/aromatic N) is 2. The summed E-state index contributed by atoms with van der Waals surface area (Å²) in [6.07, 6.45) is 2.23. The van der Waals surface area contributed by atoms with Gasteiger partial charge in [-0.25, -0.2) is 0 Å². The van der Waals surface area contributed by atoms with Gasteiger partial charge in [-0.3, -0.25) is 10.1 Å². The normalized spacial score (nSPS) is 20.6. The lowest BCUT2D eigenvalue weighted by Gasteiger charge is -2.36. The molecule has 2 unspecified atom stereocenters. The summed E-state index contributed by atoms with van der Waals surface area (Å²) >= 11 is 0. The molecule has 1 aromatic carbocycles. The van der Waals surface area contributed by atoms with Crippen LogP contribution in [0.4, 0.5) is 11.4 Å². The van der Waals surface area contributed by atoms with Crippen LogP contribution >= 0.6 is 0 Å². The highest BCUT2D eigenvalue weighted by atomic mass is 16.6. The maximum atomic E-state index is 10.9. The zero-order chi connectivity index (χ0) is 14.7. The standard InChI is InChI=1S/C14H21N3O3/c1-10(15)11-4-3-7-16(9-11)12-5-6-13(17(18)19)14(8-12)20-2/h5-6,8,10-11H,3-4,7,9,15H2,1-2H3. The first-order valence-electron chi connectivity index (χ1n) is 6.86. The van der Waals surface area contributed by atoms with E-state index < -0.39 is 4.92 Å². The van der Waals surface area contributed by atoms with Crippen LogP contribution in [0.15, 0.2) is 18.2 Å². The van der Waals surface area contributed by atoms with Crippen LogP contribution in [-0.4, -0.2) is 31.2 Å². The van der Waals surface area contributed by atoms with Crippen molar-refractivity contribution in [2.75, 3.05) is 25.1 Å². The maximum absolute atomic E-state index is 10.9. The summed E-state index contributed by atoms with van der Waals surface area (Å²) in [5.41, 5.74) is 6.94. The fourth-order valence-corrected chi connectivity index (χ4v) is 2.69. The minimum atomic E-state index is -0.427. The molecule has 1 fully saturated rings. The second-order valence-corrected chi connectivity index (χ2v) is 5.32. The van der Waals surface area contributed by atoms with Gasteiger partial charge in [-0.05, 0) is 31.7 Å². The summed E-state index contributed by atoms with van der Waals surface area (Å²) < 4.78 is 5.12. The second kappa shape index (κ2) is 6.09. The molecule has 1 aliphatic heterocycles. The zero-order valence-corrected chi connectivity index (χ0v) is 11.9. The molecule has 110 valence electrons. The molecule has 1 saturated heterocycles. The number of nitro benzene ring substituents is 1. The molecule has 20 heavy (non-hydrogen) atoms. The summed E-state index contributed by atoms with van der Waals surface area (Å²) in [5.74, 6) is 0.764. The van der Waals surface area contributed by atoms with Crippen molar-refractivity contribution >= 4 is 11.4 Å². The minimum absolute atomic E-state index is 0.00278. The van der Waals surface area contributed by atoms with Crippen molar-refractivity contribution in [1.82, 2.24) is 0 Å². The van der Waals surface area contributed by atoms with E-state index in [1.54, 1.807) is 12.1 Å². The number of nitro groups is 1. The SMILES string of the molecule is COc1cc(N2CCCC(C(C)N)C2)ccc1[N+](=O)[O-]. The van der Waals surface area contributed by atoms with E-state index in [1.165, 1.54) is 13.2 Å². The molecule has 0 aliphatic carbocycles. The van der Waals surface area contributed by atoms with Crippen molar-refractivity contribution < 1.29 is 9.66 Å². The molecule has 6 nitrogen and oxygen atoms in total. The van der Waals surface area contributed by atoms with E-state index in [4.69, 9.17) is 10.5 Å². The van der Waals surface area contributed by atoms with Gasteiger partial charge in [0.15, 0.2) is 5.75 Å². The molecular weight excluding hydrogens is 258 g/mol. The summed E-state index contributed by atoms with van der Waals surface area (Å²) in [4.78, 5) is 12.7. The van der Waals surface area contributed by atoms with Gasteiger partial charge in [0, 0.05) is 37.0 Å². The largest absolute Gasteiger partial charge is 0.490 e. The van der Waals surface area contributed by atoms with E-state index in [-0.39, 0.29) is 11.7 Å². The fourth-order valence-electron chi connectivity index (χ4n) is 2.69. The molecule has 6 heteroatoms. The van der Waals surface area contributed by atoms with Crippen molar-refractivity contribution in [1.29, 1.82) is 0 Å². The number of anilines is 1. The van der Waals surface area contributed by atoms with E-state index in [0.29, 0.717) is 11.7 Å². The highest BCUT2D eigenvalue weighted by molar-refractivity contribution is 5.59. The Labute approximate surface area is 118 Å². The molecule has 0 saturated carbocycles. The first-order chi connectivity index (χ1) is 9.52. The van der Waals surface area contributed by atoms with Crippen molar-refractivity contribution in [3.8, 4) is 5.75 Å². The van der Waals surface area contributed by atoms with Gasteiger partial charge in [0.1, 0.15) is 0 Å². The third kappa shape index (κ3) is 3.01. The number of rotatable bonds is 4. The van der Waals surface area contributed by atoms with E-state index in [0.717, 1.165) is 31.6 Å². The van der Waals surface area contributed by atoms with Gasteiger partial charge in [-0.1, -0.05) is 0 Å². The Hall–Kier alpha value is -1.82. The van der Waals surface area contributed by atoms with Gasteiger partial charge < -0.3 is 15.4 Å². The highest BCUT2D eigenvalue weighted by Crippen LogP contribution is 2.33.